The first-order valence-electron chi connectivity index (χ1n) is 0. The Morgan fingerprint density at radius 1 is 0.0676 bits per heavy atom. The summed E-state index contributed by atoms with van der Waals surface area (Å²) in [5, 5.41) is 0. The van der Waals surface area contributed by atoms with Crippen molar-refractivity contribution < 1.29 is 533 Å². The summed E-state index contributed by atoms with van der Waals surface area (Å²) >= 11 is 0. The van der Waals surface area contributed by atoms with Crippen molar-refractivity contribution in [3.05, 3.63) is 0 Å². The molecule has 0 saturated carbocycles. The monoisotopic (exact) mass is 3330 g/mol. The molecule has 0 heterocycles. The van der Waals surface area contributed by atoms with Crippen LogP contribution in [0.4, 0.5) is 0 Å². The molecule has 12 radical (unpaired) electrons. The fourth-order valence-electron chi connectivity index (χ4n) is 0. The van der Waals surface area contributed by atoms with Gasteiger partial charge in [-0.25, -0.2) is 0 Å². The molecule has 0 atom stereocenters. The van der Waals surface area contributed by atoms with E-state index in [-0.39, 0.29) is 869 Å². The van der Waals surface area contributed by atoms with Gasteiger partial charge >= 0.3 is 0 Å². The van der Waals surface area contributed by atoms with Gasteiger partial charge in [0.1, 0.15) is 0 Å². The quantitative estimate of drug-likeness (QED) is 0.204. The van der Waals surface area contributed by atoms with Gasteiger partial charge in [0.2, 0.25) is 0 Å². The van der Waals surface area contributed by atoms with E-state index >= 15 is 0 Å². The second-order valence-corrected chi connectivity index (χ2v) is 0. The smallest absolute Gasteiger partial charge is 0 e. The summed E-state index contributed by atoms with van der Waals surface area (Å²) in [6.07, 6.45) is 0. The summed E-state index contributed by atoms with van der Waals surface area (Å²) in [4.78, 5) is 0. The fourth-order valence-corrected chi connectivity index (χ4v) is 0. The van der Waals surface area contributed by atoms with Crippen molar-refractivity contribution in [1.29, 1.82) is 0 Å². The SMILES string of the molecule is O.O.O.O.O.O.O.O.O.O.O.O.O.O.O.O.O.O.O.O.O.O.O.O.O.O.O.O.O.O.O.O.O.O.O.O.O.O.O.O.O.O.O.O.O.O.O.O.O.O.O.O.O.O.O.[B].[Ga].[K].[K].[K].[K].[K].[K].[W].[W].[W].[W].[W].[W].[W].[W].[W].[W].[W]. The zero-order valence-electron chi connectivity index (χ0n) is 39.1. The molecule has 55 nitrogen and oxygen atoms in total. The Morgan fingerprint density at radius 3 is 0.0676 bits per heavy atom. The fraction of sp³-hybridized carbons (Fsp3) is 0. The van der Waals surface area contributed by atoms with E-state index in [1.807, 2.05) is 0 Å². The maximum Gasteiger partial charge on any atom is 0 e. The third-order valence-corrected chi connectivity index (χ3v) is 0. The molecule has 0 saturated heterocycles. The number of hydrogen-bond acceptors (Lipinski definition) is 0. The second-order valence-electron chi connectivity index (χ2n) is 0. The average molecular weight is 3330 g/mol. The molecule has 518 valence electrons. The zero-order chi connectivity index (χ0) is 0. The van der Waals surface area contributed by atoms with E-state index in [0.717, 1.165) is 0 Å². The van der Waals surface area contributed by atoms with Gasteiger partial charge in [-0.1, -0.05) is 0 Å². The summed E-state index contributed by atoms with van der Waals surface area (Å²) in [5.41, 5.74) is 0. The Kier molecular flexibility index (Phi) is 103000. The molecular formula is H110BGaK6O55W11. The Hall–Kier alpha value is 15.9. The van der Waals surface area contributed by atoms with E-state index in [0.29, 0.717) is 0 Å². The van der Waals surface area contributed by atoms with Gasteiger partial charge in [0.15, 0.2) is 0 Å². The minimum atomic E-state index is 0. The minimum absolute atomic E-state index is 0. The molecule has 0 aromatic heterocycles. The standard InChI is InChI=1S/B.Ga.6K.55H2O.11W/h;;;;;;;;55*1H2;;;;;;;;;;;. The topological polar surface area (TPSA) is 1730 Å². The largest absolute Gasteiger partial charge is 0.412 e. The Bertz CT molecular complexity index is 88.0. The van der Waals surface area contributed by atoms with Gasteiger partial charge in [-0.2, -0.15) is 0 Å². The molecule has 0 aliphatic carbocycles. The van der Waals surface area contributed by atoms with E-state index in [9.17, 15) is 0 Å². The van der Waals surface area contributed by atoms with Crippen LogP contribution in [0.1, 0.15) is 0 Å². The van der Waals surface area contributed by atoms with Crippen LogP contribution in [0.5, 0.6) is 0 Å². The molecule has 0 fully saturated rings. The molecule has 74 heteroatoms. The van der Waals surface area contributed by atoms with Crippen LogP contribution in [-0.2, 0) is 232 Å². The van der Waals surface area contributed by atoms with Crippen LogP contribution in [0.2, 0.25) is 0 Å². The van der Waals surface area contributed by atoms with Crippen LogP contribution in [0.15, 0.2) is 0 Å². The molecule has 0 bridgehead atoms. The molecule has 0 aromatic rings. The maximum absolute atomic E-state index is 0. The Balaban J connectivity index is 0. The molecule has 0 aliphatic rings. The number of hydrogen-bond donors (Lipinski definition) is 0. The molecular weight excluding hydrogens is 3220 g/mol. The summed E-state index contributed by atoms with van der Waals surface area (Å²) in [6.45, 7) is 0. The summed E-state index contributed by atoms with van der Waals surface area (Å²) in [5.74, 6) is 0. The summed E-state index contributed by atoms with van der Waals surface area (Å²) < 4.78 is 0. The van der Waals surface area contributed by atoms with Crippen molar-refractivity contribution in [3.63, 3.8) is 0 Å². The molecule has 74 heavy (non-hydrogen) atoms. The van der Waals surface area contributed by atoms with E-state index in [2.05, 4.69) is 0 Å². The van der Waals surface area contributed by atoms with E-state index < -0.39 is 0 Å². The Morgan fingerprint density at radius 2 is 0.0676 bits per heavy atom. The van der Waals surface area contributed by atoms with Gasteiger partial charge in [0.25, 0.3) is 0 Å². The predicted molar refractivity (Wildman–Crippen MR) is 245 cm³/mol. The summed E-state index contributed by atoms with van der Waals surface area (Å²) in [6, 6.07) is 0. The van der Waals surface area contributed by atoms with Crippen molar-refractivity contribution in [3.8, 4) is 0 Å². The van der Waals surface area contributed by atoms with E-state index in [1.165, 1.54) is 0 Å². The predicted octanol–water partition coefficient (Wildman–Crippen LogP) is -48.4. The van der Waals surface area contributed by atoms with Crippen LogP contribution in [0.3, 0.4) is 0 Å². The number of rotatable bonds is 0. The Labute approximate surface area is 848 Å². The van der Waals surface area contributed by atoms with Crippen molar-refractivity contribution in [2.75, 3.05) is 0 Å². The molecule has 0 spiro atoms. The molecule has 0 amide bonds. The van der Waals surface area contributed by atoms with Gasteiger partial charge in [0, 0.05) is 568 Å². The molecule has 0 unspecified atom stereocenters. The van der Waals surface area contributed by atoms with Gasteiger partial charge in [-0.15, -0.1) is 0 Å². The van der Waals surface area contributed by atoms with E-state index in [4.69, 9.17) is 0 Å². The first-order chi connectivity index (χ1) is 0. The zero-order valence-corrected chi connectivity index (χ0v) is 92.6. The molecule has 110 N–H and O–H groups in total. The molecule has 0 aliphatic heterocycles. The first-order valence-corrected chi connectivity index (χ1v) is 0. The van der Waals surface area contributed by atoms with Crippen LogP contribution in [-0.4, -0.2) is 638 Å². The van der Waals surface area contributed by atoms with Gasteiger partial charge in [-0.05, 0) is 0 Å². The normalized spacial score (nSPS) is 0. The molecule has 0 aromatic carbocycles. The van der Waals surface area contributed by atoms with Crippen molar-refractivity contribution in [2.24, 2.45) is 0 Å². The van der Waals surface area contributed by atoms with Crippen LogP contribution in [0, 0.1) is 0 Å². The van der Waals surface area contributed by atoms with Gasteiger partial charge in [-0.3, -0.25) is 0 Å². The van der Waals surface area contributed by atoms with Gasteiger partial charge < -0.3 is 301 Å². The summed E-state index contributed by atoms with van der Waals surface area (Å²) in [7, 11) is 0. The second kappa shape index (κ2) is 2720. The first kappa shape index (κ1) is 2810. The molecule has 0 rings (SSSR count). The van der Waals surface area contributed by atoms with Gasteiger partial charge in [0.05, 0.1) is 0 Å². The average Bonchev–Trinajstić information content (AvgIpc) is 0. The maximum atomic E-state index is 0. The van der Waals surface area contributed by atoms with Crippen LogP contribution in [0.25, 0.3) is 0 Å². The van der Waals surface area contributed by atoms with Crippen molar-refractivity contribution in [1.82, 2.24) is 0 Å². The van der Waals surface area contributed by atoms with Crippen molar-refractivity contribution >= 4 is 337 Å². The third kappa shape index (κ3) is 2630. The minimum Gasteiger partial charge on any atom is -0.412 e. The van der Waals surface area contributed by atoms with Crippen LogP contribution < -0.4 is 0 Å². The van der Waals surface area contributed by atoms with Crippen molar-refractivity contribution in [2.45, 2.75) is 0 Å². The third-order valence-electron chi connectivity index (χ3n) is 0. The van der Waals surface area contributed by atoms with E-state index in [1.54, 1.807) is 0 Å². The van der Waals surface area contributed by atoms with Crippen LogP contribution >= 0.6 is 0 Å².